The predicted molar refractivity (Wildman–Crippen MR) is 87.4 cm³/mol. The van der Waals surface area contributed by atoms with E-state index >= 15 is 0 Å². The molecule has 3 heterocycles. The summed E-state index contributed by atoms with van der Waals surface area (Å²) in [5.74, 6) is -0.551. The average Bonchev–Trinajstić information content (AvgIpc) is 2.82. The second kappa shape index (κ2) is 6.27. The Kier molecular flexibility index (Phi) is 4.16. The van der Waals surface area contributed by atoms with E-state index in [1.165, 1.54) is 6.07 Å². The molecule has 1 aliphatic rings. The van der Waals surface area contributed by atoms with Crippen LogP contribution < -0.4 is 10.9 Å². The maximum atomic E-state index is 12.4. The fourth-order valence-electron chi connectivity index (χ4n) is 3.00. The number of rotatable bonds is 3. The fraction of sp³-hybridized carbons (Fsp3) is 0.294. The number of nitrogens with zero attached hydrogens (tertiary/aromatic N) is 2. The first kappa shape index (κ1) is 15.9. The third kappa shape index (κ3) is 2.92. The van der Waals surface area contributed by atoms with Gasteiger partial charge >= 0.3 is 0 Å². The molecule has 2 N–H and O–H groups in total. The molecule has 124 valence electrons. The summed E-state index contributed by atoms with van der Waals surface area (Å²) in [4.78, 5) is 44.7. The van der Waals surface area contributed by atoms with Gasteiger partial charge in [0.2, 0.25) is 5.91 Å². The highest BCUT2D eigenvalue weighted by atomic mass is 16.2. The highest BCUT2D eigenvalue weighted by Crippen LogP contribution is 2.31. The van der Waals surface area contributed by atoms with Gasteiger partial charge in [0.15, 0.2) is 0 Å². The molecule has 0 spiro atoms. The van der Waals surface area contributed by atoms with E-state index in [2.05, 4.69) is 15.3 Å². The monoisotopic (exact) mass is 326 g/mol. The largest absolute Gasteiger partial charge is 0.346 e. The molecule has 2 amide bonds. The van der Waals surface area contributed by atoms with Crippen molar-refractivity contribution in [3.8, 4) is 0 Å². The summed E-state index contributed by atoms with van der Waals surface area (Å²) in [5.41, 5.74) is 1.12. The number of carbonyl (C=O) groups is 2. The molecule has 0 saturated carbocycles. The maximum Gasteiger partial charge on any atom is 0.260 e. The minimum Gasteiger partial charge on any atom is -0.346 e. The zero-order valence-electron chi connectivity index (χ0n) is 13.4. The van der Waals surface area contributed by atoms with Crippen LogP contribution in [-0.2, 0) is 4.79 Å². The van der Waals surface area contributed by atoms with Gasteiger partial charge in [0, 0.05) is 31.6 Å². The van der Waals surface area contributed by atoms with E-state index in [1.54, 1.807) is 43.4 Å². The van der Waals surface area contributed by atoms with Crippen molar-refractivity contribution in [3.63, 3.8) is 0 Å². The number of likely N-dealkylation sites (N-methyl/N-ethyl adjacent to an activating group) is 1. The number of pyridine rings is 2. The Morgan fingerprint density at radius 2 is 2.12 bits per heavy atom. The van der Waals surface area contributed by atoms with E-state index in [0.29, 0.717) is 5.69 Å². The molecule has 1 saturated heterocycles. The number of nitrogens with one attached hydrogen (secondary N) is 2. The summed E-state index contributed by atoms with van der Waals surface area (Å²) in [6, 6.07) is 6.09. The van der Waals surface area contributed by atoms with E-state index in [-0.39, 0.29) is 23.9 Å². The van der Waals surface area contributed by atoms with Gasteiger partial charge in [-0.15, -0.1) is 0 Å². The Morgan fingerprint density at radius 3 is 2.79 bits per heavy atom. The lowest BCUT2D eigenvalue weighted by Crippen LogP contribution is -2.40. The number of aromatic amines is 1. The van der Waals surface area contributed by atoms with E-state index < -0.39 is 17.5 Å². The number of amides is 2. The number of hydrogen-bond donors (Lipinski definition) is 2. The SMILES string of the molecule is Cc1ccc(C(=O)N[C@@H]2CC(=O)N(C)[C@H]2c2cccnc2)c(=O)[nH]1. The van der Waals surface area contributed by atoms with E-state index in [1.807, 2.05) is 6.07 Å². The van der Waals surface area contributed by atoms with Crippen LogP contribution in [0.3, 0.4) is 0 Å². The molecule has 0 bridgehead atoms. The molecular formula is C17H18N4O3. The lowest BCUT2D eigenvalue weighted by Gasteiger charge is -2.25. The molecular weight excluding hydrogens is 308 g/mol. The molecule has 2 aromatic rings. The topological polar surface area (TPSA) is 95.2 Å². The van der Waals surface area contributed by atoms with Crippen LogP contribution >= 0.6 is 0 Å². The van der Waals surface area contributed by atoms with Crippen molar-refractivity contribution in [2.45, 2.75) is 25.4 Å². The maximum absolute atomic E-state index is 12.4. The molecule has 1 fully saturated rings. The molecule has 0 radical (unpaired) electrons. The molecule has 2 aromatic heterocycles. The third-order valence-corrected chi connectivity index (χ3v) is 4.23. The first-order valence-electron chi connectivity index (χ1n) is 7.63. The molecule has 7 nitrogen and oxygen atoms in total. The van der Waals surface area contributed by atoms with Gasteiger partial charge in [-0.25, -0.2) is 0 Å². The fourth-order valence-corrected chi connectivity index (χ4v) is 3.00. The Labute approximate surface area is 138 Å². The highest BCUT2D eigenvalue weighted by Gasteiger charge is 2.39. The van der Waals surface area contributed by atoms with Crippen LogP contribution in [0.1, 0.15) is 34.1 Å². The Bertz CT molecular complexity index is 831. The average molecular weight is 326 g/mol. The van der Waals surface area contributed by atoms with Crippen molar-refractivity contribution in [2.24, 2.45) is 0 Å². The summed E-state index contributed by atoms with van der Waals surface area (Å²) in [6.07, 6.45) is 3.52. The van der Waals surface area contributed by atoms with Gasteiger partial charge in [0.05, 0.1) is 12.1 Å². The van der Waals surface area contributed by atoms with Crippen LogP contribution in [0, 0.1) is 6.92 Å². The molecule has 1 aliphatic heterocycles. The molecule has 0 unspecified atom stereocenters. The van der Waals surface area contributed by atoms with E-state index in [4.69, 9.17) is 0 Å². The van der Waals surface area contributed by atoms with Crippen molar-refractivity contribution in [1.82, 2.24) is 20.2 Å². The van der Waals surface area contributed by atoms with Gasteiger partial charge in [-0.3, -0.25) is 19.4 Å². The van der Waals surface area contributed by atoms with Gasteiger partial charge in [0.25, 0.3) is 11.5 Å². The summed E-state index contributed by atoms with van der Waals surface area (Å²) < 4.78 is 0. The van der Waals surface area contributed by atoms with Crippen molar-refractivity contribution in [1.29, 1.82) is 0 Å². The Hall–Kier alpha value is -2.96. The quantitative estimate of drug-likeness (QED) is 0.871. The van der Waals surface area contributed by atoms with Gasteiger partial charge in [-0.1, -0.05) is 6.07 Å². The second-order valence-electron chi connectivity index (χ2n) is 5.90. The zero-order valence-corrected chi connectivity index (χ0v) is 13.4. The molecule has 7 heteroatoms. The van der Waals surface area contributed by atoms with Gasteiger partial charge in [0.1, 0.15) is 5.56 Å². The number of aryl methyl sites for hydroxylation is 1. The first-order valence-corrected chi connectivity index (χ1v) is 7.63. The van der Waals surface area contributed by atoms with Crippen LogP contribution in [-0.4, -0.2) is 39.8 Å². The Balaban J connectivity index is 1.86. The highest BCUT2D eigenvalue weighted by molar-refractivity contribution is 5.94. The Morgan fingerprint density at radius 1 is 1.33 bits per heavy atom. The molecule has 24 heavy (non-hydrogen) atoms. The number of hydrogen-bond acceptors (Lipinski definition) is 4. The number of likely N-dealkylation sites (tertiary alicyclic amines) is 1. The molecule has 2 atom stereocenters. The number of aromatic nitrogens is 2. The van der Waals surface area contributed by atoms with Crippen LogP contribution in [0.15, 0.2) is 41.5 Å². The lowest BCUT2D eigenvalue weighted by molar-refractivity contribution is -0.127. The van der Waals surface area contributed by atoms with E-state index in [9.17, 15) is 14.4 Å². The van der Waals surface area contributed by atoms with Crippen molar-refractivity contribution < 1.29 is 9.59 Å². The summed E-state index contributed by atoms with van der Waals surface area (Å²) in [5, 5.41) is 2.82. The minimum absolute atomic E-state index is 0.0348. The smallest absolute Gasteiger partial charge is 0.260 e. The predicted octanol–water partition coefficient (Wildman–Crippen LogP) is 0.780. The normalized spacial score (nSPS) is 20.2. The first-order chi connectivity index (χ1) is 11.5. The van der Waals surface area contributed by atoms with Crippen LogP contribution in [0.2, 0.25) is 0 Å². The van der Waals surface area contributed by atoms with Gasteiger partial charge in [-0.2, -0.15) is 0 Å². The van der Waals surface area contributed by atoms with Gasteiger partial charge in [-0.05, 0) is 30.7 Å². The van der Waals surface area contributed by atoms with Crippen molar-refractivity contribution in [3.05, 3.63) is 63.8 Å². The standard InChI is InChI=1S/C17H18N4O3/c1-10-5-6-12(16(23)19-10)17(24)20-13-8-14(22)21(2)15(13)11-4-3-7-18-9-11/h3-7,9,13,15H,8H2,1-2H3,(H,19,23)(H,20,24)/t13-,15+/m1/s1. The summed E-state index contributed by atoms with van der Waals surface area (Å²) in [7, 11) is 1.70. The zero-order chi connectivity index (χ0) is 17.3. The minimum atomic E-state index is -0.488. The lowest BCUT2D eigenvalue weighted by atomic mass is 10.0. The molecule has 0 aromatic carbocycles. The molecule has 3 rings (SSSR count). The summed E-state index contributed by atoms with van der Waals surface area (Å²) in [6.45, 7) is 1.74. The summed E-state index contributed by atoms with van der Waals surface area (Å²) >= 11 is 0. The van der Waals surface area contributed by atoms with Gasteiger partial charge < -0.3 is 15.2 Å². The number of carbonyl (C=O) groups excluding carboxylic acids is 2. The molecule has 0 aliphatic carbocycles. The van der Waals surface area contributed by atoms with Crippen LogP contribution in [0.5, 0.6) is 0 Å². The second-order valence-corrected chi connectivity index (χ2v) is 5.90. The van der Waals surface area contributed by atoms with Crippen LogP contribution in [0.25, 0.3) is 0 Å². The third-order valence-electron chi connectivity index (χ3n) is 4.23. The van der Waals surface area contributed by atoms with Crippen molar-refractivity contribution >= 4 is 11.8 Å². The van der Waals surface area contributed by atoms with Crippen LogP contribution in [0.4, 0.5) is 0 Å². The van der Waals surface area contributed by atoms with Crippen molar-refractivity contribution in [2.75, 3.05) is 7.05 Å². The number of H-pyrrole nitrogens is 1. The van der Waals surface area contributed by atoms with E-state index in [0.717, 1.165) is 5.56 Å².